The van der Waals surface area contributed by atoms with Crippen molar-refractivity contribution in [3.05, 3.63) is 58.1 Å². The minimum atomic E-state index is -4.78. The lowest BCUT2D eigenvalue weighted by Crippen LogP contribution is -2.34. The molecule has 32 heavy (non-hydrogen) atoms. The molecule has 0 aliphatic carbocycles. The topological polar surface area (TPSA) is 71.9 Å². The highest BCUT2D eigenvalue weighted by Crippen LogP contribution is 2.40. The second-order valence-electron chi connectivity index (χ2n) is 6.92. The third-order valence-corrected chi connectivity index (χ3v) is 6.20. The average Bonchev–Trinajstić information content (AvgIpc) is 3.31. The molecule has 1 amide bonds. The number of nitrogens with zero attached hydrogens (tertiary/aromatic N) is 2. The summed E-state index contributed by atoms with van der Waals surface area (Å²) in [7, 11) is 1.33. The number of halogens is 4. The molecule has 0 bridgehead atoms. The van der Waals surface area contributed by atoms with Gasteiger partial charge in [-0.05, 0) is 35.9 Å². The molecule has 6 nitrogen and oxygen atoms in total. The van der Waals surface area contributed by atoms with Crippen LogP contribution < -0.4 is 14.4 Å². The fourth-order valence-corrected chi connectivity index (χ4v) is 4.37. The molecule has 2 aromatic heterocycles. The van der Waals surface area contributed by atoms with Crippen LogP contribution in [0.1, 0.15) is 15.2 Å². The maximum absolute atomic E-state index is 13.0. The van der Waals surface area contributed by atoms with Crippen LogP contribution in [0.3, 0.4) is 0 Å². The zero-order chi connectivity index (χ0) is 23.0. The van der Waals surface area contributed by atoms with Crippen molar-refractivity contribution in [2.75, 3.05) is 18.6 Å². The summed E-state index contributed by atoms with van der Waals surface area (Å²) in [5, 5.41) is 9.64. The van der Waals surface area contributed by atoms with Crippen molar-refractivity contribution < 1.29 is 32.5 Å². The number of carbonyl (C=O) groups excluding carboxylic acids is 1. The van der Waals surface area contributed by atoms with Crippen LogP contribution in [0, 0.1) is 0 Å². The molecule has 1 atom stereocenters. The Labute approximate surface area is 189 Å². The Bertz CT molecular complexity index is 1150. The molecule has 3 aromatic rings. The van der Waals surface area contributed by atoms with Crippen molar-refractivity contribution in [2.24, 2.45) is 0 Å². The van der Waals surface area contributed by atoms with Gasteiger partial charge in [-0.3, -0.25) is 9.78 Å². The van der Waals surface area contributed by atoms with Crippen LogP contribution in [0.25, 0.3) is 10.6 Å². The summed E-state index contributed by atoms with van der Waals surface area (Å²) in [5.41, 5.74) is 2.07. The molecule has 0 fully saturated rings. The zero-order valence-corrected chi connectivity index (χ0v) is 18.1. The zero-order valence-electron chi connectivity index (χ0n) is 16.5. The van der Waals surface area contributed by atoms with E-state index in [1.165, 1.54) is 35.5 Å². The molecule has 3 heterocycles. The number of amides is 1. The minimum absolute atomic E-state index is 0.0251. The van der Waals surface area contributed by atoms with E-state index in [1.54, 1.807) is 24.4 Å². The number of rotatable bonds is 6. The maximum atomic E-state index is 13.0. The normalized spacial score (nSPS) is 14.4. The lowest BCUT2D eigenvalue weighted by molar-refractivity contribution is -0.210. The third kappa shape index (κ3) is 4.38. The Kier molecular flexibility index (Phi) is 6.02. The Hall–Kier alpha value is -2.82. The van der Waals surface area contributed by atoms with Crippen molar-refractivity contribution in [2.45, 2.75) is 18.8 Å². The highest BCUT2D eigenvalue weighted by Gasteiger charge is 2.39. The van der Waals surface area contributed by atoms with E-state index < -0.39 is 18.9 Å². The van der Waals surface area contributed by atoms with Crippen LogP contribution >= 0.6 is 22.9 Å². The first-order chi connectivity index (χ1) is 15.2. The van der Waals surface area contributed by atoms with E-state index in [1.807, 2.05) is 6.07 Å². The molecular weight excluding hydrogens is 469 g/mol. The predicted octanol–water partition coefficient (Wildman–Crippen LogP) is 4.93. The van der Waals surface area contributed by atoms with Gasteiger partial charge in [-0.25, -0.2) is 0 Å². The lowest BCUT2D eigenvalue weighted by atomic mass is 10.2. The van der Waals surface area contributed by atoms with Gasteiger partial charge in [-0.15, -0.1) is 11.3 Å². The number of carbonyl (C=O) groups is 1. The van der Waals surface area contributed by atoms with E-state index in [2.05, 4.69) is 4.98 Å². The predicted molar refractivity (Wildman–Crippen MR) is 114 cm³/mol. The van der Waals surface area contributed by atoms with Gasteiger partial charge in [0.1, 0.15) is 6.61 Å². The number of ether oxygens (including phenoxy) is 2. The number of anilines is 1. The molecule has 1 unspecified atom stereocenters. The van der Waals surface area contributed by atoms with Crippen molar-refractivity contribution in [3.8, 4) is 22.1 Å². The van der Waals surface area contributed by atoms with E-state index in [4.69, 9.17) is 26.2 Å². The summed E-state index contributed by atoms with van der Waals surface area (Å²) in [5.74, 6) is -0.0310. The van der Waals surface area contributed by atoms with E-state index in [0.717, 1.165) is 16.1 Å². The quantitative estimate of drug-likeness (QED) is 0.537. The maximum Gasteiger partial charge on any atom is 0.417 e. The number of benzene rings is 1. The molecule has 4 rings (SSSR count). The van der Waals surface area contributed by atoms with Gasteiger partial charge in [0.05, 0.1) is 34.1 Å². The van der Waals surface area contributed by atoms with Crippen LogP contribution in [0.5, 0.6) is 11.5 Å². The standard InChI is InChI=1S/C21H16ClF3N2O4S/c1-30-16-7-13(3-5-15(16)31-10-18(28)21(23,24)25)27-9-11-6-17(32-19(11)20(27)29)14-4-2-12(22)8-26-14/h2-8,18,28H,9-10H2,1H3. The summed E-state index contributed by atoms with van der Waals surface area (Å²) >= 11 is 7.20. The molecular formula is C21H16ClF3N2O4S. The van der Waals surface area contributed by atoms with Crippen molar-refractivity contribution in [3.63, 3.8) is 0 Å². The van der Waals surface area contributed by atoms with Crippen molar-refractivity contribution >= 4 is 34.5 Å². The first-order valence-electron chi connectivity index (χ1n) is 9.29. The summed E-state index contributed by atoms with van der Waals surface area (Å²) in [6, 6.07) is 9.87. The molecule has 0 radical (unpaired) electrons. The van der Waals surface area contributed by atoms with Gasteiger partial charge in [0.15, 0.2) is 17.6 Å². The molecule has 11 heteroatoms. The van der Waals surface area contributed by atoms with E-state index in [9.17, 15) is 18.0 Å². The number of aromatic nitrogens is 1. The first kappa shape index (κ1) is 22.4. The van der Waals surface area contributed by atoms with Gasteiger partial charge in [-0.2, -0.15) is 13.2 Å². The first-order valence-corrected chi connectivity index (χ1v) is 10.5. The number of hydrogen-bond donors (Lipinski definition) is 1. The molecule has 1 aromatic carbocycles. The number of fused-ring (bicyclic) bond motifs is 1. The van der Waals surface area contributed by atoms with Gasteiger partial charge in [0.25, 0.3) is 5.91 Å². The van der Waals surface area contributed by atoms with Crippen LogP contribution in [-0.2, 0) is 6.54 Å². The molecule has 0 saturated carbocycles. The number of pyridine rings is 1. The monoisotopic (exact) mass is 484 g/mol. The average molecular weight is 485 g/mol. The lowest BCUT2D eigenvalue weighted by Gasteiger charge is -2.20. The van der Waals surface area contributed by atoms with E-state index >= 15 is 0 Å². The van der Waals surface area contributed by atoms with Crippen LogP contribution in [-0.4, -0.2) is 42.0 Å². The Morgan fingerprint density at radius 1 is 1.25 bits per heavy atom. The third-order valence-electron chi connectivity index (χ3n) is 4.79. The van der Waals surface area contributed by atoms with Gasteiger partial charge < -0.3 is 19.5 Å². The van der Waals surface area contributed by atoms with Crippen LogP contribution in [0.2, 0.25) is 5.02 Å². The molecule has 168 valence electrons. The van der Waals surface area contributed by atoms with Gasteiger partial charge >= 0.3 is 6.18 Å². The number of thiophene rings is 1. The number of hydrogen-bond acceptors (Lipinski definition) is 6. The second kappa shape index (κ2) is 8.61. The largest absolute Gasteiger partial charge is 0.493 e. The Balaban J connectivity index is 1.51. The van der Waals surface area contributed by atoms with E-state index in [0.29, 0.717) is 22.1 Å². The van der Waals surface area contributed by atoms with Gasteiger partial charge in [0, 0.05) is 18.0 Å². The number of methoxy groups -OCH3 is 1. The molecule has 1 aliphatic rings. The molecule has 0 spiro atoms. The second-order valence-corrected chi connectivity index (χ2v) is 8.41. The number of alkyl halides is 3. The van der Waals surface area contributed by atoms with Gasteiger partial charge in [0.2, 0.25) is 0 Å². The summed E-state index contributed by atoms with van der Waals surface area (Å²) in [6.07, 6.45) is -5.86. The van der Waals surface area contributed by atoms with Crippen molar-refractivity contribution in [1.29, 1.82) is 0 Å². The summed E-state index contributed by atoms with van der Waals surface area (Å²) in [6.45, 7) is -0.644. The van der Waals surface area contributed by atoms with Crippen LogP contribution in [0.15, 0.2) is 42.6 Å². The smallest absolute Gasteiger partial charge is 0.417 e. The van der Waals surface area contributed by atoms with Gasteiger partial charge in [-0.1, -0.05) is 11.6 Å². The molecule has 0 saturated heterocycles. The number of aliphatic hydroxyl groups is 1. The fourth-order valence-electron chi connectivity index (χ4n) is 3.15. The summed E-state index contributed by atoms with van der Waals surface area (Å²) in [4.78, 5) is 20.2. The van der Waals surface area contributed by atoms with E-state index in [-0.39, 0.29) is 17.4 Å². The highest BCUT2D eigenvalue weighted by atomic mass is 35.5. The van der Waals surface area contributed by atoms with Crippen LogP contribution in [0.4, 0.5) is 18.9 Å². The Morgan fingerprint density at radius 3 is 2.66 bits per heavy atom. The highest BCUT2D eigenvalue weighted by molar-refractivity contribution is 7.17. The van der Waals surface area contributed by atoms with Crippen molar-refractivity contribution in [1.82, 2.24) is 4.98 Å². The molecule has 1 N–H and O–H groups in total. The SMILES string of the molecule is COc1cc(N2Cc3cc(-c4ccc(Cl)cn4)sc3C2=O)ccc1OCC(O)C(F)(F)F. The number of aliphatic hydroxyl groups excluding tert-OH is 1. The fraction of sp³-hybridized carbons (Fsp3) is 0.238. The minimum Gasteiger partial charge on any atom is -0.493 e. The molecule has 1 aliphatic heterocycles. The Morgan fingerprint density at radius 2 is 2.03 bits per heavy atom. The summed E-state index contributed by atoms with van der Waals surface area (Å²) < 4.78 is 47.7.